The molecule has 0 radical (unpaired) electrons. The van der Waals surface area contributed by atoms with Crippen LogP contribution in [-0.4, -0.2) is 59.5 Å². The summed E-state index contributed by atoms with van der Waals surface area (Å²) in [5.41, 5.74) is 5.55. The van der Waals surface area contributed by atoms with Crippen molar-refractivity contribution < 1.29 is 23.1 Å². The van der Waals surface area contributed by atoms with Crippen molar-refractivity contribution in [2.24, 2.45) is 5.73 Å². The molecular formula is C11H20N2O5S2. The van der Waals surface area contributed by atoms with Crippen LogP contribution in [-0.2, 0) is 19.4 Å². The second kappa shape index (κ2) is 6.31. The number of carboxylic acids is 1. The van der Waals surface area contributed by atoms with Crippen LogP contribution in [0.2, 0.25) is 0 Å². The van der Waals surface area contributed by atoms with Crippen molar-refractivity contribution in [3.63, 3.8) is 0 Å². The van der Waals surface area contributed by atoms with Crippen LogP contribution in [0.25, 0.3) is 0 Å². The summed E-state index contributed by atoms with van der Waals surface area (Å²) in [6.07, 6.45) is 0.427. The average Bonchev–Trinajstić information content (AvgIpc) is 2.65. The van der Waals surface area contributed by atoms with E-state index in [9.17, 15) is 18.0 Å². The molecule has 1 saturated heterocycles. The minimum Gasteiger partial charge on any atom is -0.480 e. The molecule has 0 aliphatic carbocycles. The molecule has 1 heterocycles. The first kappa shape index (κ1) is 17.3. The first-order valence-corrected chi connectivity index (χ1v) is 8.96. The van der Waals surface area contributed by atoms with Gasteiger partial charge in [0.25, 0.3) is 0 Å². The molecule has 1 aliphatic rings. The minimum atomic E-state index is -3.03. The molecule has 1 rings (SSSR count). The van der Waals surface area contributed by atoms with Gasteiger partial charge in [-0.05, 0) is 20.3 Å². The van der Waals surface area contributed by atoms with Crippen LogP contribution in [0.15, 0.2) is 0 Å². The molecule has 0 saturated carbocycles. The van der Waals surface area contributed by atoms with Gasteiger partial charge in [0.1, 0.15) is 6.04 Å². The van der Waals surface area contributed by atoms with Crippen molar-refractivity contribution in [3.8, 4) is 0 Å². The molecule has 1 unspecified atom stereocenters. The number of rotatable bonds is 6. The lowest BCUT2D eigenvalue weighted by Gasteiger charge is -2.27. The van der Waals surface area contributed by atoms with E-state index in [1.54, 1.807) is 13.8 Å². The smallest absolute Gasteiger partial charge is 0.321 e. The van der Waals surface area contributed by atoms with E-state index in [0.29, 0.717) is 6.42 Å². The van der Waals surface area contributed by atoms with Gasteiger partial charge in [-0.3, -0.25) is 9.59 Å². The van der Waals surface area contributed by atoms with Gasteiger partial charge in [-0.1, -0.05) is 0 Å². The molecule has 0 aromatic heterocycles. The van der Waals surface area contributed by atoms with Gasteiger partial charge in [-0.25, -0.2) is 8.42 Å². The van der Waals surface area contributed by atoms with Crippen LogP contribution < -0.4 is 11.1 Å². The first-order valence-electron chi connectivity index (χ1n) is 6.15. The Labute approximate surface area is 122 Å². The van der Waals surface area contributed by atoms with Gasteiger partial charge in [0, 0.05) is 10.8 Å². The molecule has 0 bridgehead atoms. The number of thioether (sulfide) groups is 1. The number of carbonyl (C=O) groups is 2. The van der Waals surface area contributed by atoms with Crippen molar-refractivity contribution in [1.29, 1.82) is 0 Å². The molecule has 7 nitrogen and oxygen atoms in total. The van der Waals surface area contributed by atoms with E-state index in [2.05, 4.69) is 5.32 Å². The Morgan fingerprint density at radius 1 is 1.50 bits per heavy atom. The minimum absolute atomic E-state index is 0.0263. The van der Waals surface area contributed by atoms with Gasteiger partial charge < -0.3 is 16.2 Å². The fourth-order valence-electron chi connectivity index (χ4n) is 1.82. The number of carbonyl (C=O) groups excluding carboxylic acids is 1. The zero-order valence-corrected chi connectivity index (χ0v) is 13.1. The lowest BCUT2D eigenvalue weighted by atomic mass is 10.1. The van der Waals surface area contributed by atoms with Crippen LogP contribution in [0.4, 0.5) is 0 Å². The standard InChI is InChI=1S/C11H20N2O5S2/c1-11(2,9(12)10(15)16)19-5-8(14)13-7-3-4-20(17,18)6-7/h7,9H,3-6,12H2,1-2H3,(H,13,14)(H,15,16)/t7?,9-/m1/s1. The fraction of sp³-hybridized carbons (Fsp3) is 0.818. The summed E-state index contributed by atoms with van der Waals surface area (Å²) in [5, 5.41) is 11.5. The number of hydrogen-bond donors (Lipinski definition) is 3. The van der Waals surface area contributed by atoms with E-state index in [4.69, 9.17) is 10.8 Å². The highest BCUT2D eigenvalue weighted by Gasteiger charge is 2.34. The largest absolute Gasteiger partial charge is 0.480 e. The maximum atomic E-state index is 11.7. The summed E-state index contributed by atoms with van der Waals surface area (Å²) in [4.78, 5) is 22.6. The number of sulfone groups is 1. The highest BCUT2D eigenvalue weighted by atomic mass is 32.2. The number of nitrogens with one attached hydrogen (secondary N) is 1. The number of nitrogens with two attached hydrogens (primary N) is 1. The Kier molecular flexibility index (Phi) is 5.45. The predicted molar refractivity (Wildman–Crippen MR) is 77.3 cm³/mol. The van der Waals surface area contributed by atoms with Crippen molar-refractivity contribution in [1.82, 2.24) is 5.32 Å². The summed E-state index contributed by atoms with van der Waals surface area (Å²) in [6.45, 7) is 3.31. The van der Waals surface area contributed by atoms with Crippen LogP contribution >= 0.6 is 11.8 Å². The highest BCUT2D eigenvalue weighted by Crippen LogP contribution is 2.27. The SMILES string of the molecule is CC(C)(SCC(=O)NC1CCS(=O)(=O)C1)[C@H](N)C(=O)O. The molecule has 116 valence electrons. The summed E-state index contributed by atoms with van der Waals surface area (Å²) in [7, 11) is -3.03. The zero-order valence-electron chi connectivity index (χ0n) is 11.5. The number of aliphatic carboxylic acids is 1. The Bertz CT molecular complexity index is 489. The molecule has 0 aromatic rings. The van der Waals surface area contributed by atoms with Crippen LogP contribution in [0.1, 0.15) is 20.3 Å². The monoisotopic (exact) mass is 324 g/mol. The molecular weight excluding hydrogens is 304 g/mol. The summed E-state index contributed by atoms with van der Waals surface area (Å²) in [6, 6.07) is -1.42. The van der Waals surface area contributed by atoms with Crippen molar-refractivity contribution in [3.05, 3.63) is 0 Å². The second-order valence-electron chi connectivity index (χ2n) is 5.38. The third kappa shape index (κ3) is 4.95. The highest BCUT2D eigenvalue weighted by molar-refractivity contribution is 8.01. The van der Waals surface area contributed by atoms with Crippen molar-refractivity contribution in [2.45, 2.75) is 37.1 Å². The Hall–Kier alpha value is -0.800. The van der Waals surface area contributed by atoms with Gasteiger partial charge in [-0.15, -0.1) is 11.8 Å². The summed E-state index contributed by atoms with van der Waals surface area (Å²) < 4.78 is 21.7. The topological polar surface area (TPSA) is 127 Å². The molecule has 0 aromatic carbocycles. The normalized spacial score (nSPS) is 23.2. The lowest BCUT2D eigenvalue weighted by Crippen LogP contribution is -2.47. The number of amides is 1. The molecule has 20 heavy (non-hydrogen) atoms. The van der Waals surface area contributed by atoms with Gasteiger partial charge >= 0.3 is 5.97 Å². The molecule has 1 aliphatic heterocycles. The number of hydrogen-bond acceptors (Lipinski definition) is 6. The maximum Gasteiger partial charge on any atom is 0.321 e. The third-order valence-electron chi connectivity index (χ3n) is 3.19. The lowest BCUT2D eigenvalue weighted by molar-refractivity contribution is -0.139. The summed E-state index contributed by atoms with van der Waals surface area (Å²) in [5.74, 6) is -1.31. The van der Waals surface area contributed by atoms with E-state index in [-0.39, 0.29) is 29.2 Å². The predicted octanol–water partition coefficient (Wildman–Crippen LogP) is -0.787. The quantitative estimate of drug-likeness (QED) is 0.584. The van der Waals surface area contributed by atoms with E-state index < -0.39 is 26.6 Å². The van der Waals surface area contributed by atoms with Gasteiger partial charge in [-0.2, -0.15) is 0 Å². The molecule has 1 fully saturated rings. The van der Waals surface area contributed by atoms with Crippen LogP contribution in [0.3, 0.4) is 0 Å². The van der Waals surface area contributed by atoms with Crippen LogP contribution in [0.5, 0.6) is 0 Å². The zero-order chi connectivity index (χ0) is 15.6. The van der Waals surface area contributed by atoms with Gasteiger partial charge in [0.15, 0.2) is 9.84 Å². The van der Waals surface area contributed by atoms with E-state index in [1.807, 2.05) is 0 Å². The Morgan fingerprint density at radius 2 is 2.10 bits per heavy atom. The van der Waals surface area contributed by atoms with Crippen LogP contribution in [0, 0.1) is 0 Å². The molecule has 1 amide bonds. The Balaban J connectivity index is 2.42. The van der Waals surface area contributed by atoms with E-state index in [1.165, 1.54) is 0 Å². The van der Waals surface area contributed by atoms with Gasteiger partial charge in [0.05, 0.1) is 17.3 Å². The second-order valence-corrected chi connectivity index (χ2v) is 9.23. The molecule has 0 spiro atoms. The molecule has 2 atom stereocenters. The number of carboxylic acid groups (broad SMARTS) is 1. The molecule has 9 heteroatoms. The average molecular weight is 324 g/mol. The first-order chi connectivity index (χ1) is 9.03. The van der Waals surface area contributed by atoms with E-state index in [0.717, 1.165) is 11.8 Å². The van der Waals surface area contributed by atoms with Crippen molar-refractivity contribution >= 4 is 33.5 Å². The Morgan fingerprint density at radius 3 is 2.55 bits per heavy atom. The van der Waals surface area contributed by atoms with E-state index >= 15 is 0 Å². The maximum absolute atomic E-state index is 11.7. The fourth-order valence-corrected chi connectivity index (χ4v) is 4.36. The van der Waals surface area contributed by atoms with Crippen molar-refractivity contribution in [2.75, 3.05) is 17.3 Å². The summed E-state index contributed by atoms with van der Waals surface area (Å²) >= 11 is 1.14. The third-order valence-corrected chi connectivity index (χ3v) is 6.36. The van der Waals surface area contributed by atoms with Gasteiger partial charge in [0.2, 0.25) is 5.91 Å². The molecule has 4 N–H and O–H groups in total.